The molecule has 0 fully saturated rings. The molecule has 20 rings (SSSR count). The molecule has 0 atom stereocenters. The molecule has 458 valence electrons. The minimum atomic E-state index is -0.0150. The van der Waals surface area contributed by atoms with Crippen LogP contribution in [0.5, 0.6) is 0 Å². The topological polar surface area (TPSA) is 84.7 Å². The van der Waals surface area contributed by atoms with Crippen molar-refractivity contribution in [3.8, 4) is 34.7 Å². The summed E-state index contributed by atoms with van der Waals surface area (Å²) in [5.41, 5.74) is 26.0. The summed E-state index contributed by atoms with van der Waals surface area (Å²) in [5.74, 6) is 1.56. The van der Waals surface area contributed by atoms with Gasteiger partial charge in [-0.25, -0.2) is 0 Å². The van der Waals surface area contributed by atoms with Crippen LogP contribution in [0.1, 0.15) is 33.4 Å². The smallest absolute Gasteiger partial charge is 0.242 e. The Hall–Kier alpha value is -12.3. The summed E-state index contributed by atoms with van der Waals surface area (Å²) in [6.45, 7) is 13.4. The van der Waals surface area contributed by atoms with Crippen LogP contribution in [0.2, 0.25) is 0 Å². The average molecular weight is 1250 g/mol. The van der Waals surface area contributed by atoms with E-state index in [0.717, 1.165) is 148 Å². The molecule has 0 saturated heterocycles. The summed E-state index contributed by atoms with van der Waals surface area (Å²) in [4.78, 5) is 17.2. The van der Waals surface area contributed by atoms with Crippen LogP contribution in [-0.4, -0.2) is 39.9 Å². The zero-order valence-electron chi connectivity index (χ0n) is 54.3. The van der Waals surface area contributed by atoms with Crippen LogP contribution in [0.25, 0.3) is 166 Å². The molecule has 0 bridgehead atoms. The molecule has 0 spiro atoms. The van der Waals surface area contributed by atoms with Crippen molar-refractivity contribution in [3.05, 3.63) is 288 Å². The van der Waals surface area contributed by atoms with Gasteiger partial charge in [-0.05, 0) is 114 Å². The summed E-state index contributed by atoms with van der Waals surface area (Å²) < 4.78 is 22.9. The molecule has 7 aromatic heterocycles. The largest absolute Gasteiger partial charge is 0.454 e. The second kappa shape index (κ2) is 20.6. The molecule has 0 unspecified atom stereocenters. The van der Waals surface area contributed by atoms with E-state index in [4.69, 9.17) is 23.8 Å². The van der Waals surface area contributed by atoms with Gasteiger partial charge in [0.2, 0.25) is 18.6 Å². The number of nitrogens with zero attached hydrogens (tertiary/aromatic N) is 7. The summed E-state index contributed by atoms with van der Waals surface area (Å²) in [6.07, 6.45) is 0. The van der Waals surface area contributed by atoms with Crippen LogP contribution in [-0.2, 0) is 0 Å². The van der Waals surface area contributed by atoms with Crippen LogP contribution < -0.4 is 16.4 Å². The van der Waals surface area contributed by atoms with Gasteiger partial charge in [-0.3, -0.25) is 9.13 Å². The van der Waals surface area contributed by atoms with E-state index in [0.29, 0.717) is 17.7 Å². The van der Waals surface area contributed by atoms with Gasteiger partial charge in [0, 0.05) is 70.2 Å². The van der Waals surface area contributed by atoms with Crippen molar-refractivity contribution in [2.24, 2.45) is 0 Å². The highest BCUT2D eigenvalue weighted by Gasteiger charge is 2.31. The molecule has 13 aromatic carbocycles. The summed E-state index contributed by atoms with van der Waals surface area (Å²) >= 11 is 0. The van der Waals surface area contributed by atoms with Crippen LogP contribution in [0.4, 0.5) is 0 Å². The van der Waals surface area contributed by atoms with E-state index in [1.165, 1.54) is 49.8 Å². The van der Waals surface area contributed by atoms with E-state index >= 15 is 0 Å². The molecular weight excluding hydrogens is 1190 g/mol. The number of para-hydroxylation sites is 8. The Kier molecular flexibility index (Phi) is 11.7. The molecule has 0 saturated carbocycles. The Bertz CT molecular complexity index is 6360. The molecule has 0 aliphatic carbocycles. The Morgan fingerprint density at radius 2 is 0.608 bits per heavy atom. The maximum absolute atomic E-state index is 6.78. The molecule has 10 heteroatoms. The standard InChI is InChI=1S/C87H60BN7O2/c1-49-41-51(3)81(52(4)42-49)88(82-53(5)43-50(2)44-54(82)6)56-39-37-55(38-40-56)85-89-86(94-71-31-15-9-23-59(71)67-45-75-65(47-77(67)94)57-21-7-13-29-69(57)92(75)73-33-19-27-63-61-25-11-17-35-79(61)96-83(63)73)91-87(90-85)95-72-32-16-10-24-60(72)68-46-76-66(48-78(68)95)58-22-8-14-30-70(58)93(76)74-34-20-28-64-62-26-12-18-36-80(62)97-84(64)74/h7-48H,1-6H3. The highest BCUT2D eigenvalue weighted by Crippen LogP contribution is 2.45. The lowest BCUT2D eigenvalue weighted by atomic mass is 9.34. The number of aryl methyl sites for hydroxylation is 6. The van der Waals surface area contributed by atoms with Crippen molar-refractivity contribution in [2.45, 2.75) is 41.5 Å². The molecular formula is C87H60BN7O2. The number of hydrogen-bond donors (Lipinski definition) is 0. The maximum atomic E-state index is 6.78. The van der Waals surface area contributed by atoms with Crippen LogP contribution in [0, 0.1) is 41.5 Å². The third-order valence-electron chi connectivity index (χ3n) is 20.7. The number of benzene rings is 13. The zero-order chi connectivity index (χ0) is 64.6. The van der Waals surface area contributed by atoms with Crippen molar-refractivity contribution in [1.82, 2.24) is 33.2 Å². The van der Waals surface area contributed by atoms with E-state index in [2.05, 4.69) is 302 Å². The van der Waals surface area contributed by atoms with E-state index in [-0.39, 0.29) is 6.71 Å². The lowest BCUT2D eigenvalue weighted by molar-refractivity contribution is 0.666. The van der Waals surface area contributed by atoms with Gasteiger partial charge in [0.05, 0.1) is 55.5 Å². The van der Waals surface area contributed by atoms with E-state index in [1.54, 1.807) is 0 Å². The second-order valence-corrected chi connectivity index (χ2v) is 26.6. The number of hydrogen-bond acceptors (Lipinski definition) is 5. The van der Waals surface area contributed by atoms with Crippen molar-refractivity contribution < 1.29 is 8.83 Å². The SMILES string of the molecule is Cc1cc(C)c(B(c2ccc(-c3nc(-n4c5ccccc5c5cc6c(cc54)c4ccccc4n6-c4cccc5c4oc4ccccc45)nc(-n4c5ccccc5c5cc6c(cc54)c4ccccc4n6-c4cccc5c4oc4ccccc45)n3)cc2)c2c(C)cc(C)cc2C)c(C)c1. The minimum absolute atomic E-state index is 0.0150. The first-order valence-corrected chi connectivity index (χ1v) is 33.3. The van der Waals surface area contributed by atoms with Crippen molar-refractivity contribution >= 4 is 154 Å². The Morgan fingerprint density at radius 1 is 0.278 bits per heavy atom. The fourth-order valence-corrected chi connectivity index (χ4v) is 16.9. The number of aromatic nitrogens is 7. The first kappa shape index (κ1) is 55.2. The summed E-state index contributed by atoms with van der Waals surface area (Å²) in [7, 11) is 0. The zero-order valence-corrected chi connectivity index (χ0v) is 54.3. The molecule has 20 aromatic rings. The first-order chi connectivity index (χ1) is 47.6. The molecule has 0 radical (unpaired) electrons. The lowest BCUT2D eigenvalue weighted by Crippen LogP contribution is -2.55. The quantitative estimate of drug-likeness (QED) is 0.142. The summed E-state index contributed by atoms with van der Waals surface area (Å²) in [5, 5.41) is 13.1. The third kappa shape index (κ3) is 8.04. The van der Waals surface area contributed by atoms with E-state index < -0.39 is 0 Å². The fraction of sp³-hybridized carbons (Fsp3) is 0.0690. The van der Waals surface area contributed by atoms with Gasteiger partial charge in [-0.2, -0.15) is 15.0 Å². The van der Waals surface area contributed by atoms with Crippen LogP contribution >= 0.6 is 0 Å². The van der Waals surface area contributed by atoms with Gasteiger partial charge < -0.3 is 18.0 Å². The molecule has 7 heterocycles. The van der Waals surface area contributed by atoms with Crippen LogP contribution in [0.3, 0.4) is 0 Å². The Labute approximate surface area is 557 Å². The van der Waals surface area contributed by atoms with E-state index in [1.807, 2.05) is 12.1 Å². The third-order valence-corrected chi connectivity index (χ3v) is 20.7. The predicted octanol–water partition coefficient (Wildman–Crippen LogP) is 20.1. The molecule has 9 nitrogen and oxygen atoms in total. The normalized spacial score (nSPS) is 12.2. The average Bonchev–Trinajstić information content (AvgIpc) is 1.59. The van der Waals surface area contributed by atoms with E-state index in [9.17, 15) is 0 Å². The number of rotatable bonds is 8. The van der Waals surface area contributed by atoms with Gasteiger partial charge >= 0.3 is 0 Å². The van der Waals surface area contributed by atoms with Crippen molar-refractivity contribution in [2.75, 3.05) is 0 Å². The van der Waals surface area contributed by atoms with Crippen molar-refractivity contribution in [3.63, 3.8) is 0 Å². The van der Waals surface area contributed by atoms with Crippen LogP contribution in [0.15, 0.2) is 264 Å². The predicted molar refractivity (Wildman–Crippen MR) is 403 cm³/mol. The van der Waals surface area contributed by atoms with Gasteiger partial charge in [0.25, 0.3) is 0 Å². The highest BCUT2D eigenvalue weighted by atomic mass is 16.3. The highest BCUT2D eigenvalue weighted by molar-refractivity contribution is 6.96. The van der Waals surface area contributed by atoms with Gasteiger partial charge in [-0.15, -0.1) is 0 Å². The van der Waals surface area contributed by atoms with Gasteiger partial charge in [0.1, 0.15) is 11.2 Å². The molecule has 0 amide bonds. The lowest BCUT2D eigenvalue weighted by Gasteiger charge is -2.24. The molecule has 0 aliphatic heterocycles. The minimum Gasteiger partial charge on any atom is -0.454 e. The molecule has 0 aliphatic rings. The Morgan fingerprint density at radius 3 is 1.00 bits per heavy atom. The molecule has 0 N–H and O–H groups in total. The maximum Gasteiger partial charge on any atom is 0.242 e. The Balaban J connectivity index is 0.850. The number of fused-ring (bicyclic) bond motifs is 18. The first-order valence-electron chi connectivity index (χ1n) is 33.3. The van der Waals surface area contributed by atoms with Gasteiger partial charge in [0.15, 0.2) is 17.0 Å². The van der Waals surface area contributed by atoms with Gasteiger partial charge in [-0.1, -0.05) is 232 Å². The number of furan rings is 2. The fourth-order valence-electron chi connectivity index (χ4n) is 16.9. The monoisotopic (exact) mass is 1250 g/mol. The van der Waals surface area contributed by atoms with Crippen molar-refractivity contribution in [1.29, 1.82) is 0 Å². The summed E-state index contributed by atoms with van der Waals surface area (Å²) in [6, 6.07) is 92.2. The second-order valence-electron chi connectivity index (χ2n) is 26.6. The molecule has 97 heavy (non-hydrogen) atoms.